The van der Waals surface area contributed by atoms with Gasteiger partial charge in [-0.1, -0.05) is 12.1 Å². The summed E-state index contributed by atoms with van der Waals surface area (Å²) in [7, 11) is -3.49. The Balaban J connectivity index is 2.21. The minimum atomic E-state index is -3.49. The SMILES string of the molecule is CS(=O)(=O)Oc1c(C2CC2)[nH]c2ccccc12. The molecule has 0 atom stereocenters. The summed E-state index contributed by atoms with van der Waals surface area (Å²) < 4.78 is 27.7. The maximum absolute atomic E-state index is 11.3. The number of H-pyrrole nitrogens is 1. The fourth-order valence-corrected chi connectivity index (χ4v) is 2.52. The fraction of sp³-hybridized carbons (Fsp3) is 0.333. The molecule has 0 radical (unpaired) electrons. The Hall–Kier alpha value is -1.49. The molecule has 0 amide bonds. The summed E-state index contributed by atoms with van der Waals surface area (Å²) in [5.41, 5.74) is 1.84. The smallest absolute Gasteiger partial charge is 0.306 e. The molecule has 2 aromatic rings. The number of hydrogen-bond acceptors (Lipinski definition) is 3. The molecule has 0 saturated heterocycles. The van der Waals surface area contributed by atoms with Crippen LogP contribution in [0.4, 0.5) is 0 Å². The van der Waals surface area contributed by atoms with Crippen molar-refractivity contribution in [2.45, 2.75) is 18.8 Å². The zero-order valence-corrected chi connectivity index (χ0v) is 10.3. The van der Waals surface area contributed by atoms with Gasteiger partial charge in [0.05, 0.1) is 11.9 Å². The lowest BCUT2D eigenvalue weighted by atomic mass is 10.2. The molecule has 1 aromatic heterocycles. The zero-order valence-electron chi connectivity index (χ0n) is 9.43. The molecule has 1 saturated carbocycles. The van der Waals surface area contributed by atoms with Crippen LogP contribution < -0.4 is 4.18 Å². The number of hydrogen-bond donors (Lipinski definition) is 1. The summed E-state index contributed by atoms with van der Waals surface area (Å²) in [6.07, 6.45) is 3.26. The molecule has 0 unspecified atom stereocenters. The number of benzene rings is 1. The highest BCUT2D eigenvalue weighted by Crippen LogP contribution is 2.46. The first-order valence-corrected chi connectivity index (χ1v) is 7.36. The summed E-state index contributed by atoms with van der Waals surface area (Å²) in [6, 6.07) is 7.59. The standard InChI is InChI=1S/C12H13NO3S/c1-17(14,15)16-12-9-4-2-3-5-10(9)13-11(12)8-6-7-8/h2-5,8,13H,6-7H2,1H3. The van der Waals surface area contributed by atoms with Gasteiger partial charge < -0.3 is 9.17 Å². The molecule has 1 heterocycles. The third-order valence-electron chi connectivity index (χ3n) is 2.91. The maximum atomic E-state index is 11.3. The molecule has 3 rings (SSSR count). The number of nitrogens with one attached hydrogen (secondary N) is 1. The Kier molecular flexibility index (Phi) is 2.19. The van der Waals surface area contributed by atoms with Crippen LogP contribution in [0, 0.1) is 0 Å². The third-order valence-corrected chi connectivity index (χ3v) is 3.38. The van der Waals surface area contributed by atoms with Crippen molar-refractivity contribution in [2.24, 2.45) is 0 Å². The van der Waals surface area contributed by atoms with E-state index in [9.17, 15) is 8.42 Å². The fourth-order valence-electron chi connectivity index (χ4n) is 2.04. The minimum Gasteiger partial charge on any atom is -0.380 e. The minimum absolute atomic E-state index is 0.416. The number of aromatic nitrogens is 1. The van der Waals surface area contributed by atoms with Crippen molar-refractivity contribution in [3.05, 3.63) is 30.0 Å². The van der Waals surface area contributed by atoms with Crippen LogP contribution >= 0.6 is 0 Å². The molecule has 5 heteroatoms. The molecule has 4 nitrogen and oxygen atoms in total. The average Bonchev–Trinajstić information content (AvgIpc) is 3.02. The van der Waals surface area contributed by atoms with E-state index < -0.39 is 10.1 Å². The number of para-hydroxylation sites is 1. The monoisotopic (exact) mass is 251 g/mol. The van der Waals surface area contributed by atoms with Gasteiger partial charge >= 0.3 is 10.1 Å². The van der Waals surface area contributed by atoms with Gasteiger partial charge in [0.1, 0.15) is 0 Å². The van der Waals surface area contributed by atoms with E-state index in [1.165, 1.54) is 0 Å². The van der Waals surface area contributed by atoms with Gasteiger partial charge in [0, 0.05) is 16.8 Å². The zero-order chi connectivity index (χ0) is 12.0. The molecular formula is C12H13NO3S. The Morgan fingerprint density at radius 1 is 1.29 bits per heavy atom. The summed E-state index contributed by atoms with van der Waals surface area (Å²) in [5, 5.41) is 0.833. The van der Waals surface area contributed by atoms with E-state index in [4.69, 9.17) is 4.18 Å². The topological polar surface area (TPSA) is 59.2 Å². The Bertz CT molecular complexity index is 668. The number of rotatable bonds is 3. The van der Waals surface area contributed by atoms with Crippen molar-refractivity contribution in [3.63, 3.8) is 0 Å². The van der Waals surface area contributed by atoms with Gasteiger partial charge in [-0.3, -0.25) is 0 Å². The molecule has 0 aliphatic heterocycles. The van der Waals surface area contributed by atoms with Gasteiger partial charge in [-0.05, 0) is 25.0 Å². The Labute approximate surface area is 99.7 Å². The van der Waals surface area contributed by atoms with Crippen LogP contribution in [-0.2, 0) is 10.1 Å². The van der Waals surface area contributed by atoms with Crippen LogP contribution in [-0.4, -0.2) is 19.7 Å². The first-order valence-electron chi connectivity index (χ1n) is 5.54. The molecule has 1 fully saturated rings. The number of fused-ring (bicyclic) bond motifs is 1. The summed E-state index contributed by atoms with van der Waals surface area (Å²) in [5.74, 6) is 0.893. The molecular weight excluding hydrogens is 238 g/mol. The second-order valence-corrected chi connectivity index (χ2v) is 6.05. The molecule has 17 heavy (non-hydrogen) atoms. The lowest BCUT2D eigenvalue weighted by Crippen LogP contribution is -2.06. The van der Waals surface area contributed by atoms with Gasteiger partial charge in [-0.2, -0.15) is 8.42 Å². The molecule has 1 aromatic carbocycles. The van der Waals surface area contributed by atoms with E-state index in [2.05, 4.69) is 4.98 Å². The van der Waals surface area contributed by atoms with E-state index in [1.807, 2.05) is 24.3 Å². The second kappa shape index (κ2) is 3.50. The summed E-state index contributed by atoms with van der Waals surface area (Å²) in [6.45, 7) is 0. The summed E-state index contributed by atoms with van der Waals surface area (Å²) >= 11 is 0. The molecule has 0 spiro atoms. The predicted molar refractivity (Wildman–Crippen MR) is 65.7 cm³/mol. The van der Waals surface area contributed by atoms with Gasteiger partial charge in [0.25, 0.3) is 0 Å². The van der Waals surface area contributed by atoms with Crippen LogP contribution in [0.3, 0.4) is 0 Å². The normalized spacial score (nSPS) is 16.3. The highest BCUT2D eigenvalue weighted by Gasteiger charge is 2.31. The van der Waals surface area contributed by atoms with Crippen molar-refractivity contribution in [2.75, 3.05) is 6.26 Å². The van der Waals surface area contributed by atoms with Crippen molar-refractivity contribution >= 4 is 21.0 Å². The van der Waals surface area contributed by atoms with Crippen LogP contribution in [0.1, 0.15) is 24.5 Å². The predicted octanol–water partition coefficient (Wildman–Crippen LogP) is 2.38. The Morgan fingerprint density at radius 3 is 2.65 bits per heavy atom. The van der Waals surface area contributed by atoms with Crippen LogP contribution in [0.25, 0.3) is 10.9 Å². The van der Waals surface area contributed by atoms with Crippen LogP contribution in [0.15, 0.2) is 24.3 Å². The molecule has 1 aliphatic rings. The lowest BCUT2D eigenvalue weighted by molar-refractivity contribution is 0.492. The van der Waals surface area contributed by atoms with Crippen molar-refractivity contribution in [1.29, 1.82) is 0 Å². The van der Waals surface area contributed by atoms with E-state index >= 15 is 0 Å². The summed E-state index contributed by atoms with van der Waals surface area (Å²) in [4.78, 5) is 3.26. The van der Waals surface area contributed by atoms with Crippen molar-refractivity contribution in [3.8, 4) is 5.75 Å². The number of aromatic amines is 1. The van der Waals surface area contributed by atoms with Gasteiger partial charge in [0.2, 0.25) is 0 Å². The van der Waals surface area contributed by atoms with E-state index in [1.54, 1.807) is 0 Å². The highest BCUT2D eigenvalue weighted by molar-refractivity contribution is 7.86. The first kappa shape index (κ1) is 10.7. The highest BCUT2D eigenvalue weighted by atomic mass is 32.2. The van der Waals surface area contributed by atoms with Crippen LogP contribution in [0.2, 0.25) is 0 Å². The first-order chi connectivity index (χ1) is 8.04. The third kappa shape index (κ3) is 2.02. The molecule has 1 N–H and O–H groups in total. The van der Waals surface area contributed by atoms with E-state index in [-0.39, 0.29) is 0 Å². The second-order valence-electron chi connectivity index (χ2n) is 4.48. The average molecular weight is 251 g/mol. The Morgan fingerprint density at radius 2 is 2.00 bits per heavy atom. The van der Waals surface area contributed by atoms with E-state index in [0.29, 0.717) is 11.7 Å². The van der Waals surface area contributed by atoms with Crippen LogP contribution in [0.5, 0.6) is 5.75 Å². The van der Waals surface area contributed by atoms with Gasteiger partial charge in [0.15, 0.2) is 5.75 Å². The molecule has 1 aliphatic carbocycles. The van der Waals surface area contributed by atoms with Gasteiger partial charge in [-0.25, -0.2) is 0 Å². The quantitative estimate of drug-likeness (QED) is 0.852. The lowest BCUT2D eigenvalue weighted by Gasteiger charge is -2.04. The van der Waals surface area contributed by atoms with Crippen molar-refractivity contribution in [1.82, 2.24) is 4.98 Å². The largest absolute Gasteiger partial charge is 0.380 e. The van der Waals surface area contributed by atoms with Crippen molar-refractivity contribution < 1.29 is 12.6 Å². The van der Waals surface area contributed by atoms with E-state index in [0.717, 1.165) is 35.7 Å². The van der Waals surface area contributed by atoms with Gasteiger partial charge in [-0.15, -0.1) is 0 Å². The molecule has 90 valence electrons. The maximum Gasteiger partial charge on any atom is 0.306 e. The molecule has 0 bridgehead atoms.